The summed E-state index contributed by atoms with van der Waals surface area (Å²) in [6.45, 7) is 8.46. The van der Waals surface area contributed by atoms with Crippen LogP contribution in [0, 0.1) is 13.8 Å². The monoisotopic (exact) mass is 408 g/mol. The molecule has 1 heterocycles. The minimum atomic E-state index is -3.63. The third-order valence-electron chi connectivity index (χ3n) is 4.50. The van der Waals surface area contributed by atoms with E-state index in [0.717, 1.165) is 16.9 Å². The van der Waals surface area contributed by atoms with Crippen molar-refractivity contribution in [3.63, 3.8) is 0 Å². The van der Waals surface area contributed by atoms with Crippen molar-refractivity contribution in [2.75, 3.05) is 26.3 Å². The van der Waals surface area contributed by atoms with Gasteiger partial charge in [-0.3, -0.25) is 0 Å². The maximum Gasteiger partial charge on any atom is 0.355 e. The van der Waals surface area contributed by atoms with Crippen LogP contribution >= 0.6 is 0 Å². The molecular formula is C20H28N2O5S. The summed E-state index contributed by atoms with van der Waals surface area (Å²) in [7, 11) is -2.01. The predicted octanol–water partition coefficient (Wildman–Crippen LogP) is 2.91. The zero-order valence-corrected chi connectivity index (χ0v) is 17.9. The summed E-state index contributed by atoms with van der Waals surface area (Å²) in [5.41, 5.74) is 2.21. The van der Waals surface area contributed by atoms with Crippen LogP contribution in [0.4, 0.5) is 0 Å². The van der Waals surface area contributed by atoms with Crippen LogP contribution in [-0.4, -0.2) is 49.6 Å². The van der Waals surface area contributed by atoms with Crippen LogP contribution in [-0.2, 0) is 21.8 Å². The molecule has 0 fully saturated rings. The first kappa shape index (κ1) is 22.0. The molecule has 2 aromatic rings. The molecule has 1 aromatic heterocycles. The number of hydrogen-bond donors (Lipinski definition) is 0. The highest BCUT2D eigenvalue weighted by Crippen LogP contribution is 2.22. The molecule has 0 atom stereocenters. The van der Waals surface area contributed by atoms with Crippen LogP contribution in [0.1, 0.15) is 35.5 Å². The number of benzene rings is 1. The van der Waals surface area contributed by atoms with E-state index >= 15 is 0 Å². The first-order valence-electron chi connectivity index (χ1n) is 9.25. The quantitative estimate of drug-likeness (QED) is 0.471. The number of carbonyl (C=O) groups excluding carboxylic acids is 1. The fraction of sp³-hybridized carbons (Fsp3) is 0.450. The second kappa shape index (κ2) is 9.25. The first-order valence-corrected chi connectivity index (χ1v) is 10.7. The number of para-hydroxylation sites is 1. The van der Waals surface area contributed by atoms with Crippen molar-refractivity contribution < 1.29 is 22.7 Å². The molecule has 0 aliphatic heterocycles. The third kappa shape index (κ3) is 4.74. The average Bonchev–Trinajstić information content (AvgIpc) is 3.04. The molecule has 0 unspecified atom stereocenters. The van der Waals surface area contributed by atoms with Crippen LogP contribution in [0.2, 0.25) is 0 Å². The van der Waals surface area contributed by atoms with Crippen LogP contribution in [0.5, 0.6) is 5.75 Å². The van der Waals surface area contributed by atoms with Gasteiger partial charge in [0, 0.05) is 26.3 Å². The SMILES string of the molecule is CCN(CC)S(=O)(=O)c1cc(C(=O)OCCOc2c(C)cccc2C)n(C)c1. The fourth-order valence-corrected chi connectivity index (χ4v) is 4.50. The zero-order chi connectivity index (χ0) is 20.9. The highest BCUT2D eigenvalue weighted by Gasteiger charge is 2.25. The van der Waals surface area contributed by atoms with Crippen LogP contribution in [0.25, 0.3) is 0 Å². The molecule has 7 nitrogen and oxygen atoms in total. The van der Waals surface area contributed by atoms with E-state index < -0.39 is 16.0 Å². The standard InChI is InChI=1S/C20H28N2O5S/c1-6-22(7-2)28(24,25)17-13-18(21(5)14-17)20(23)27-12-11-26-19-15(3)9-8-10-16(19)4/h8-10,13-14H,6-7,11-12H2,1-5H3. The normalized spacial score (nSPS) is 11.6. The number of sulfonamides is 1. The van der Waals surface area contributed by atoms with Gasteiger partial charge in [-0.05, 0) is 31.0 Å². The molecule has 28 heavy (non-hydrogen) atoms. The lowest BCUT2D eigenvalue weighted by Crippen LogP contribution is -2.30. The summed E-state index contributed by atoms with van der Waals surface area (Å²) in [5.74, 6) is 0.193. The summed E-state index contributed by atoms with van der Waals surface area (Å²) in [6.07, 6.45) is 1.43. The molecule has 0 radical (unpaired) electrons. The van der Waals surface area contributed by atoms with E-state index in [-0.39, 0.29) is 23.8 Å². The maximum atomic E-state index is 12.6. The molecule has 0 saturated heterocycles. The Morgan fingerprint density at radius 3 is 2.29 bits per heavy atom. The topological polar surface area (TPSA) is 77.8 Å². The largest absolute Gasteiger partial charge is 0.489 e. The molecule has 0 aliphatic carbocycles. The highest BCUT2D eigenvalue weighted by molar-refractivity contribution is 7.89. The Kier molecular flexibility index (Phi) is 7.26. The summed E-state index contributed by atoms with van der Waals surface area (Å²) in [5, 5.41) is 0. The minimum Gasteiger partial charge on any atom is -0.489 e. The van der Waals surface area contributed by atoms with Crippen LogP contribution in [0.3, 0.4) is 0 Å². The smallest absolute Gasteiger partial charge is 0.355 e. The fourth-order valence-electron chi connectivity index (χ4n) is 2.97. The zero-order valence-electron chi connectivity index (χ0n) is 17.1. The van der Waals surface area contributed by atoms with E-state index in [2.05, 4.69) is 0 Å². The molecule has 1 aromatic carbocycles. The van der Waals surface area contributed by atoms with Gasteiger partial charge in [-0.25, -0.2) is 13.2 Å². The Labute approximate surface area is 166 Å². The van der Waals surface area contributed by atoms with Gasteiger partial charge in [-0.1, -0.05) is 32.0 Å². The van der Waals surface area contributed by atoms with Gasteiger partial charge in [0.25, 0.3) is 0 Å². The molecular weight excluding hydrogens is 380 g/mol. The number of carbonyl (C=O) groups is 1. The Morgan fingerprint density at radius 1 is 1.11 bits per heavy atom. The van der Waals surface area contributed by atoms with E-state index in [1.165, 1.54) is 21.1 Å². The molecule has 0 bridgehead atoms. The van der Waals surface area contributed by atoms with Crippen molar-refractivity contribution in [3.05, 3.63) is 47.3 Å². The lowest BCUT2D eigenvalue weighted by atomic mass is 10.1. The molecule has 0 saturated carbocycles. The first-order chi connectivity index (χ1) is 13.2. The second-order valence-electron chi connectivity index (χ2n) is 6.47. The summed E-state index contributed by atoms with van der Waals surface area (Å²) < 4.78 is 39.0. The molecule has 8 heteroatoms. The molecule has 0 amide bonds. The van der Waals surface area contributed by atoms with E-state index in [4.69, 9.17) is 9.47 Å². The average molecular weight is 409 g/mol. The second-order valence-corrected chi connectivity index (χ2v) is 8.40. The number of esters is 1. The van der Waals surface area contributed by atoms with Gasteiger partial charge in [0.1, 0.15) is 29.6 Å². The van der Waals surface area contributed by atoms with Gasteiger partial charge in [0.2, 0.25) is 10.0 Å². The lowest BCUT2D eigenvalue weighted by Gasteiger charge is -2.17. The van der Waals surface area contributed by atoms with Crippen LogP contribution in [0.15, 0.2) is 35.4 Å². The molecule has 0 aliphatic rings. The van der Waals surface area contributed by atoms with Crippen molar-refractivity contribution in [3.8, 4) is 5.75 Å². The number of ether oxygens (including phenoxy) is 2. The third-order valence-corrected chi connectivity index (χ3v) is 6.52. The predicted molar refractivity (Wildman–Crippen MR) is 107 cm³/mol. The van der Waals surface area contributed by atoms with E-state index in [1.807, 2.05) is 32.0 Å². The molecule has 0 spiro atoms. The lowest BCUT2D eigenvalue weighted by molar-refractivity contribution is 0.0439. The Bertz CT molecular complexity index is 910. The van der Waals surface area contributed by atoms with Crippen molar-refractivity contribution in [2.24, 2.45) is 7.05 Å². The Morgan fingerprint density at radius 2 is 1.71 bits per heavy atom. The summed E-state index contributed by atoms with van der Waals surface area (Å²) >= 11 is 0. The summed E-state index contributed by atoms with van der Waals surface area (Å²) in [4.78, 5) is 12.4. The number of aromatic nitrogens is 1. The van der Waals surface area contributed by atoms with Crippen molar-refractivity contribution >= 4 is 16.0 Å². The number of aryl methyl sites for hydroxylation is 3. The number of rotatable bonds is 9. The van der Waals surface area contributed by atoms with E-state index in [1.54, 1.807) is 20.9 Å². The molecule has 154 valence electrons. The molecule has 0 N–H and O–H groups in total. The van der Waals surface area contributed by atoms with Gasteiger partial charge in [0.15, 0.2) is 0 Å². The van der Waals surface area contributed by atoms with Crippen molar-refractivity contribution in [1.29, 1.82) is 0 Å². The van der Waals surface area contributed by atoms with Gasteiger partial charge in [-0.2, -0.15) is 4.31 Å². The van der Waals surface area contributed by atoms with Crippen LogP contribution < -0.4 is 4.74 Å². The Balaban J connectivity index is 2.01. The Hall–Kier alpha value is -2.32. The molecule has 2 rings (SSSR count). The van der Waals surface area contributed by atoms with Gasteiger partial charge in [-0.15, -0.1) is 0 Å². The van der Waals surface area contributed by atoms with Crippen molar-refractivity contribution in [2.45, 2.75) is 32.6 Å². The van der Waals surface area contributed by atoms with Gasteiger partial charge in [0.05, 0.1) is 0 Å². The maximum absolute atomic E-state index is 12.6. The van der Waals surface area contributed by atoms with E-state index in [9.17, 15) is 13.2 Å². The highest BCUT2D eigenvalue weighted by atomic mass is 32.2. The summed E-state index contributed by atoms with van der Waals surface area (Å²) in [6, 6.07) is 7.21. The van der Waals surface area contributed by atoms with Gasteiger partial charge >= 0.3 is 5.97 Å². The van der Waals surface area contributed by atoms with E-state index in [0.29, 0.717) is 13.1 Å². The van der Waals surface area contributed by atoms with Gasteiger partial charge < -0.3 is 14.0 Å². The minimum absolute atomic E-state index is 0.0654. The number of hydrogen-bond acceptors (Lipinski definition) is 5. The van der Waals surface area contributed by atoms with Crippen molar-refractivity contribution in [1.82, 2.24) is 8.87 Å². The number of nitrogens with zero attached hydrogens (tertiary/aromatic N) is 2.